The third-order valence-electron chi connectivity index (χ3n) is 1.30. The van der Waals surface area contributed by atoms with Crippen LogP contribution in [0.1, 0.15) is 0 Å². The maximum absolute atomic E-state index is 11.1. The topological polar surface area (TPSA) is 43.4 Å². The standard InChI is InChI=1S/C8H9O3S2/c9-13(10,7-6-12)11-8-4-2-1-3-5-8/h1-5H,6-7H2. The van der Waals surface area contributed by atoms with E-state index in [9.17, 15) is 8.42 Å². The first kappa shape index (κ1) is 10.4. The highest BCUT2D eigenvalue weighted by Crippen LogP contribution is 2.11. The summed E-state index contributed by atoms with van der Waals surface area (Å²) in [6.45, 7) is 0. The van der Waals surface area contributed by atoms with Crippen molar-refractivity contribution in [3.8, 4) is 5.75 Å². The number of hydrogen-bond acceptors (Lipinski definition) is 3. The Morgan fingerprint density at radius 3 is 2.38 bits per heavy atom. The predicted molar refractivity (Wildman–Crippen MR) is 53.3 cm³/mol. The normalized spacial score (nSPS) is 11.2. The van der Waals surface area contributed by atoms with Crippen molar-refractivity contribution in [2.45, 2.75) is 0 Å². The monoisotopic (exact) mass is 217 g/mol. The van der Waals surface area contributed by atoms with Crippen LogP contribution in [0.3, 0.4) is 0 Å². The molecule has 0 aromatic heterocycles. The molecular formula is C8H9O3S2. The first-order valence-corrected chi connectivity index (χ1v) is 5.85. The molecule has 71 valence electrons. The van der Waals surface area contributed by atoms with Crippen molar-refractivity contribution in [2.24, 2.45) is 0 Å². The Kier molecular flexibility index (Phi) is 3.62. The smallest absolute Gasteiger partial charge is 0.310 e. The van der Waals surface area contributed by atoms with E-state index in [4.69, 9.17) is 4.18 Å². The van der Waals surface area contributed by atoms with Crippen LogP contribution in [0, 0.1) is 0 Å². The summed E-state index contributed by atoms with van der Waals surface area (Å²) in [6, 6.07) is 8.37. The van der Waals surface area contributed by atoms with Gasteiger partial charge >= 0.3 is 10.1 Å². The van der Waals surface area contributed by atoms with E-state index in [-0.39, 0.29) is 11.5 Å². The highest BCUT2D eigenvalue weighted by molar-refractivity contribution is 7.88. The second-order valence-electron chi connectivity index (χ2n) is 2.36. The number of rotatable bonds is 4. The zero-order valence-corrected chi connectivity index (χ0v) is 8.48. The van der Waals surface area contributed by atoms with Crippen LogP contribution in [-0.2, 0) is 10.1 Å². The molecule has 0 spiro atoms. The van der Waals surface area contributed by atoms with E-state index in [1.165, 1.54) is 0 Å². The average molecular weight is 217 g/mol. The Bertz CT molecular complexity index is 345. The van der Waals surface area contributed by atoms with Gasteiger partial charge in [-0.25, -0.2) is 0 Å². The first-order valence-electron chi connectivity index (χ1n) is 3.69. The third kappa shape index (κ3) is 3.69. The maximum Gasteiger partial charge on any atom is 0.310 e. The molecule has 5 heteroatoms. The van der Waals surface area contributed by atoms with E-state index in [2.05, 4.69) is 12.6 Å². The van der Waals surface area contributed by atoms with Gasteiger partial charge in [0.05, 0.1) is 5.75 Å². The summed E-state index contributed by atoms with van der Waals surface area (Å²) in [5.41, 5.74) is 0. The number of para-hydroxylation sites is 1. The summed E-state index contributed by atoms with van der Waals surface area (Å²) in [5, 5.41) is 0. The molecule has 1 aromatic carbocycles. The van der Waals surface area contributed by atoms with E-state index in [1.807, 2.05) is 0 Å². The minimum Gasteiger partial charge on any atom is -0.382 e. The molecule has 0 aliphatic heterocycles. The van der Waals surface area contributed by atoms with Crippen LogP contribution in [-0.4, -0.2) is 19.9 Å². The Balaban J connectivity index is 2.70. The van der Waals surface area contributed by atoms with Crippen molar-refractivity contribution in [1.82, 2.24) is 0 Å². The van der Waals surface area contributed by atoms with Gasteiger partial charge in [-0.2, -0.15) is 8.42 Å². The molecule has 0 N–H and O–H groups in total. The quantitative estimate of drug-likeness (QED) is 0.719. The highest BCUT2D eigenvalue weighted by atomic mass is 32.2. The van der Waals surface area contributed by atoms with Crippen molar-refractivity contribution in [1.29, 1.82) is 0 Å². The molecule has 1 radical (unpaired) electrons. The van der Waals surface area contributed by atoms with Gasteiger partial charge in [0.1, 0.15) is 5.75 Å². The summed E-state index contributed by atoms with van der Waals surface area (Å²) >= 11 is 4.56. The molecule has 0 atom stereocenters. The van der Waals surface area contributed by atoms with E-state index in [0.717, 1.165) is 0 Å². The number of benzene rings is 1. The van der Waals surface area contributed by atoms with Crippen LogP contribution in [0.15, 0.2) is 30.3 Å². The lowest BCUT2D eigenvalue weighted by Crippen LogP contribution is -2.14. The summed E-state index contributed by atoms with van der Waals surface area (Å²) in [4.78, 5) is 0. The zero-order chi connectivity index (χ0) is 9.73. The van der Waals surface area contributed by atoms with E-state index < -0.39 is 10.1 Å². The first-order chi connectivity index (χ1) is 6.14. The van der Waals surface area contributed by atoms with Gasteiger partial charge in [-0.15, -0.1) is 0 Å². The second-order valence-corrected chi connectivity index (χ2v) is 4.46. The van der Waals surface area contributed by atoms with Crippen LogP contribution >= 0.6 is 12.6 Å². The Morgan fingerprint density at radius 2 is 1.85 bits per heavy atom. The fraction of sp³-hybridized carbons (Fsp3) is 0.250. The highest BCUT2D eigenvalue weighted by Gasteiger charge is 2.10. The van der Waals surface area contributed by atoms with Gasteiger partial charge in [0.2, 0.25) is 0 Å². The molecule has 0 saturated carbocycles. The average Bonchev–Trinajstić information content (AvgIpc) is 2.04. The van der Waals surface area contributed by atoms with Crippen molar-refractivity contribution in [2.75, 3.05) is 11.5 Å². The van der Waals surface area contributed by atoms with Gasteiger partial charge in [0, 0.05) is 5.75 Å². The van der Waals surface area contributed by atoms with Crippen molar-refractivity contribution < 1.29 is 12.6 Å². The Hall–Kier alpha value is -0.680. The molecule has 0 amide bonds. The van der Waals surface area contributed by atoms with Crippen molar-refractivity contribution in [3.63, 3.8) is 0 Å². The van der Waals surface area contributed by atoms with Crippen molar-refractivity contribution in [3.05, 3.63) is 30.3 Å². The van der Waals surface area contributed by atoms with Gasteiger partial charge < -0.3 is 4.18 Å². The fourth-order valence-electron chi connectivity index (χ4n) is 0.766. The maximum atomic E-state index is 11.1. The van der Waals surface area contributed by atoms with E-state index in [0.29, 0.717) is 5.75 Å². The summed E-state index contributed by atoms with van der Waals surface area (Å²) in [7, 11) is -3.49. The van der Waals surface area contributed by atoms with Crippen LogP contribution < -0.4 is 4.18 Å². The molecule has 0 fully saturated rings. The molecule has 0 bridgehead atoms. The molecular weight excluding hydrogens is 208 g/mol. The van der Waals surface area contributed by atoms with E-state index in [1.54, 1.807) is 30.3 Å². The van der Waals surface area contributed by atoms with Gasteiger partial charge in [-0.1, -0.05) is 30.8 Å². The Labute approximate surface area is 83.3 Å². The molecule has 13 heavy (non-hydrogen) atoms. The molecule has 3 nitrogen and oxygen atoms in total. The molecule has 0 aliphatic rings. The van der Waals surface area contributed by atoms with Crippen LogP contribution in [0.2, 0.25) is 0 Å². The molecule has 1 aromatic rings. The van der Waals surface area contributed by atoms with Crippen LogP contribution in [0.5, 0.6) is 5.75 Å². The largest absolute Gasteiger partial charge is 0.382 e. The summed E-state index contributed by atoms with van der Waals surface area (Å²) in [6.07, 6.45) is 0. The Morgan fingerprint density at radius 1 is 1.23 bits per heavy atom. The van der Waals surface area contributed by atoms with E-state index >= 15 is 0 Å². The molecule has 0 saturated heterocycles. The third-order valence-corrected chi connectivity index (χ3v) is 2.91. The van der Waals surface area contributed by atoms with Gasteiger partial charge in [-0.05, 0) is 12.1 Å². The molecule has 0 heterocycles. The van der Waals surface area contributed by atoms with Crippen molar-refractivity contribution >= 4 is 22.7 Å². The minimum absolute atomic E-state index is 0.128. The SMILES string of the molecule is O=S(=O)(CC[S])Oc1ccccc1. The minimum atomic E-state index is -3.49. The van der Waals surface area contributed by atoms with Gasteiger partial charge in [-0.3, -0.25) is 0 Å². The zero-order valence-electron chi connectivity index (χ0n) is 6.84. The predicted octanol–water partition coefficient (Wildman–Crippen LogP) is 1.59. The lowest BCUT2D eigenvalue weighted by molar-refractivity contribution is 0.488. The van der Waals surface area contributed by atoms with Gasteiger partial charge in [0.25, 0.3) is 0 Å². The lowest BCUT2D eigenvalue weighted by Gasteiger charge is -2.04. The lowest BCUT2D eigenvalue weighted by atomic mass is 10.3. The van der Waals surface area contributed by atoms with Crippen LogP contribution in [0.4, 0.5) is 0 Å². The molecule has 1 rings (SSSR count). The summed E-state index contributed by atoms with van der Waals surface area (Å²) in [5.74, 6) is 0.345. The second kappa shape index (κ2) is 4.53. The van der Waals surface area contributed by atoms with Crippen LogP contribution in [0.25, 0.3) is 0 Å². The van der Waals surface area contributed by atoms with Gasteiger partial charge in [0.15, 0.2) is 0 Å². The fourth-order valence-corrected chi connectivity index (χ4v) is 2.07. The molecule has 0 unspecified atom stereocenters. The summed E-state index contributed by atoms with van der Waals surface area (Å²) < 4.78 is 27.0. The molecule has 0 aliphatic carbocycles. The number of hydrogen-bond donors (Lipinski definition) is 0.